The molecule has 4 aromatic rings. The zero-order valence-electron chi connectivity index (χ0n) is 18.4. The Kier molecular flexibility index (Phi) is 5.84. The molecule has 0 N–H and O–H groups in total. The molecule has 10 heteroatoms. The van der Waals surface area contributed by atoms with E-state index in [2.05, 4.69) is 10.2 Å². The maximum Gasteiger partial charge on any atom is 0.272 e. The number of carbonyl (C=O) groups excluding carboxylic acids is 1. The van der Waals surface area contributed by atoms with E-state index in [-0.39, 0.29) is 17.3 Å². The molecular weight excluding hydrogens is 443 g/mol. The number of para-hydroxylation sites is 1. The number of halogens is 1. The van der Waals surface area contributed by atoms with E-state index in [0.717, 1.165) is 11.9 Å². The van der Waals surface area contributed by atoms with Gasteiger partial charge in [0.2, 0.25) is 11.7 Å². The van der Waals surface area contributed by atoms with Crippen LogP contribution in [0.3, 0.4) is 0 Å². The first-order valence-electron chi connectivity index (χ1n) is 11.2. The van der Waals surface area contributed by atoms with Gasteiger partial charge in [0.25, 0.3) is 5.56 Å². The minimum absolute atomic E-state index is 0.0444. The average molecular weight is 469 g/mol. The fraction of sp³-hybridized carbons (Fsp3) is 0.391. The van der Waals surface area contributed by atoms with Crippen LogP contribution in [0, 0.1) is 5.82 Å². The van der Waals surface area contributed by atoms with E-state index in [9.17, 15) is 14.0 Å². The van der Waals surface area contributed by atoms with Crippen molar-refractivity contribution in [3.63, 3.8) is 0 Å². The van der Waals surface area contributed by atoms with E-state index in [0.29, 0.717) is 67.6 Å². The van der Waals surface area contributed by atoms with Gasteiger partial charge in [-0.3, -0.25) is 18.6 Å². The lowest BCUT2D eigenvalue weighted by Crippen LogP contribution is -2.49. The first-order chi connectivity index (χ1) is 16.1. The number of aryl methyl sites for hydroxylation is 2. The third-order valence-electron chi connectivity index (χ3n) is 6.11. The minimum atomic E-state index is -0.239. The molecule has 0 unspecified atom stereocenters. The van der Waals surface area contributed by atoms with Gasteiger partial charge in [-0.1, -0.05) is 19.1 Å². The number of benzene rings is 1. The zero-order valence-corrected chi connectivity index (χ0v) is 19.2. The Balaban J connectivity index is 1.30. The molecule has 0 aliphatic carbocycles. The topological polar surface area (TPSA) is 75.7 Å². The number of hydrogen-bond acceptors (Lipinski definition) is 6. The molecule has 172 valence electrons. The van der Waals surface area contributed by atoms with Crippen molar-refractivity contribution < 1.29 is 9.18 Å². The number of amides is 1. The number of anilines is 1. The summed E-state index contributed by atoms with van der Waals surface area (Å²) in [5, 5.41) is 10.5. The van der Waals surface area contributed by atoms with Crippen molar-refractivity contribution in [2.45, 2.75) is 32.7 Å². The Morgan fingerprint density at radius 2 is 1.91 bits per heavy atom. The highest BCUT2D eigenvalue weighted by atomic mass is 32.1. The maximum absolute atomic E-state index is 14.1. The van der Waals surface area contributed by atoms with Gasteiger partial charge in [-0.05, 0) is 30.0 Å². The van der Waals surface area contributed by atoms with Gasteiger partial charge in [0.15, 0.2) is 0 Å². The molecule has 1 aliphatic rings. The number of fused-ring (bicyclic) bond motifs is 3. The summed E-state index contributed by atoms with van der Waals surface area (Å²) in [5.74, 6) is 1.01. The number of thiophene rings is 1. The molecule has 3 aromatic heterocycles. The van der Waals surface area contributed by atoms with E-state index >= 15 is 0 Å². The molecule has 0 bridgehead atoms. The van der Waals surface area contributed by atoms with Crippen molar-refractivity contribution in [2.24, 2.45) is 0 Å². The second-order valence-electron chi connectivity index (χ2n) is 8.16. The summed E-state index contributed by atoms with van der Waals surface area (Å²) in [5.41, 5.74) is 1.33. The van der Waals surface area contributed by atoms with Crippen molar-refractivity contribution in [3.05, 3.63) is 57.7 Å². The SMILES string of the molecule is CCCn1c(=O)c2sccc2n2c(CCC(=O)N3CCN(c4ccccc4F)CC3)nnc12. The lowest BCUT2D eigenvalue weighted by atomic mass is 10.2. The standard InChI is InChI=1S/C23H25FN6O2S/c1-2-10-29-22(32)21-18(9-15-33-21)30-19(25-26-23(29)30)7-8-20(31)28-13-11-27(12-14-28)17-6-4-3-5-16(17)24/h3-6,9,15H,2,7-8,10-14H2,1H3. The van der Waals surface area contributed by atoms with Gasteiger partial charge < -0.3 is 9.80 Å². The van der Waals surface area contributed by atoms with Gasteiger partial charge >= 0.3 is 0 Å². The Morgan fingerprint density at radius 3 is 2.67 bits per heavy atom. The van der Waals surface area contributed by atoms with Crippen molar-refractivity contribution >= 4 is 38.9 Å². The molecular formula is C23H25FN6O2S. The number of hydrogen-bond donors (Lipinski definition) is 0. The van der Waals surface area contributed by atoms with Crippen LogP contribution in [0.2, 0.25) is 0 Å². The summed E-state index contributed by atoms with van der Waals surface area (Å²) in [6.45, 7) is 4.89. The van der Waals surface area contributed by atoms with Crippen LogP contribution in [0.1, 0.15) is 25.6 Å². The summed E-state index contributed by atoms with van der Waals surface area (Å²) < 4.78 is 18.3. The predicted octanol–water partition coefficient (Wildman–Crippen LogP) is 2.94. The van der Waals surface area contributed by atoms with Crippen LogP contribution >= 0.6 is 11.3 Å². The third-order valence-corrected chi connectivity index (χ3v) is 7.01. The van der Waals surface area contributed by atoms with Crippen LogP contribution in [0.4, 0.5) is 10.1 Å². The smallest absolute Gasteiger partial charge is 0.272 e. The monoisotopic (exact) mass is 468 g/mol. The minimum Gasteiger partial charge on any atom is -0.366 e. The first kappa shape index (κ1) is 21.6. The molecule has 1 saturated heterocycles. The Labute approximate surface area is 193 Å². The van der Waals surface area contributed by atoms with Crippen LogP contribution in [-0.2, 0) is 17.8 Å². The van der Waals surface area contributed by atoms with Crippen LogP contribution in [0.25, 0.3) is 16.0 Å². The lowest BCUT2D eigenvalue weighted by Gasteiger charge is -2.36. The molecule has 1 amide bonds. The Hall–Kier alpha value is -3.27. The highest BCUT2D eigenvalue weighted by molar-refractivity contribution is 7.17. The quantitative estimate of drug-likeness (QED) is 0.435. The third kappa shape index (κ3) is 3.88. The molecule has 4 heterocycles. The fourth-order valence-corrected chi connectivity index (χ4v) is 5.27. The molecule has 0 spiro atoms. The summed E-state index contributed by atoms with van der Waals surface area (Å²) in [4.78, 5) is 29.5. The summed E-state index contributed by atoms with van der Waals surface area (Å²) in [6, 6.07) is 8.63. The van der Waals surface area contributed by atoms with Crippen molar-refractivity contribution in [3.8, 4) is 0 Å². The van der Waals surface area contributed by atoms with Gasteiger partial charge in [-0.2, -0.15) is 0 Å². The molecule has 8 nitrogen and oxygen atoms in total. The maximum atomic E-state index is 14.1. The van der Waals surface area contributed by atoms with Gasteiger partial charge in [-0.15, -0.1) is 21.5 Å². The van der Waals surface area contributed by atoms with Gasteiger partial charge in [0.05, 0.1) is 11.2 Å². The Morgan fingerprint density at radius 1 is 1.12 bits per heavy atom. The van der Waals surface area contributed by atoms with Crippen LogP contribution in [0.5, 0.6) is 0 Å². The van der Waals surface area contributed by atoms with Crippen LogP contribution in [0.15, 0.2) is 40.5 Å². The first-order valence-corrected chi connectivity index (χ1v) is 12.1. The van der Waals surface area contributed by atoms with E-state index < -0.39 is 0 Å². The number of piperazine rings is 1. The molecule has 1 aliphatic heterocycles. The fourth-order valence-electron chi connectivity index (χ4n) is 4.45. The molecule has 1 fully saturated rings. The van der Waals surface area contributed by atoms with E-state index in [1.807, 2.05) is 38.6 Å². The van der Waals surface area contributed by atoms with Crippen molar-refractivity contribution in [1.29, 1.82) is 0 Å². The van der Waals surface area contributed by atoms with Gasteiger partial charge in [0, 0.05) is 45.6 Å². The van der Waals surface area contributed by atoms with Gasteiger partial charge in [-0.25, -0.2) is 4.39 Å². The van der Waals surface area contributed by atoms with Crippen molar-refractivity contribution in [1.82, 2.24) is 24.1 Å². The number of nitrogens with zero attached hydrogens (tertiary/aromatic N) is 6. The number of carbonyl (C=O) groups is 1. The normalized spacial score (nSPS) is 14.5. The summed E-state index contributed by atoms with van der Waals surface area (Å²) in [6.07, 6.45) is 1.55. The molecule has 0 atom stereocenters. The zero-order chi connectivity index (χ0) is 22.9. The molecule has 1 aromatic carbocycles. The van der Waals surface area contributed by atoms with Crippen LogP contribution in [-0.4, -0.2) is 56.2 Å². The van der Waals surface area contributed by atoms with Crippen molar-refractivity contribution in [2.75, 3.05) is 31.1 Å². The predicted molar refractivity (Wildman–Crippen MR) is 126 cm³/mol. The van der Waals surface area contributed by atoms with E-state index in [1.165, 1.54) is 17.4 Å². The lowest BCUT2D eigenvalue weighted by molar-refractivity contribution is -0.131. The second kappa shape index (κ2) is 8.93. The number of rotatable bonds is 6. The van der Waals surface area contributed by atoms with E-state index in [4.69, 9.17) is 0 Å². The highest BCUT2D eigenvalue weighted by Crippen LogP contribution is 2.22. The Bertz CT molecular complexity index is 1370. The molecule has 33 heavy (non-hydrogen) atoms. The van der Waals surface area contributed by atoms with Crippen LogP contribution < -0.4 is 10.5 Å². The van der Waals surface area contributed by atoms with Gasteiger partial charge in [0.1, 0.15) is 16.3 Å². The number of aromatic nitrogens is 4. The van der Waals surface area contributed by atoms with E-state index in [1.54, 1.807) is 16.7 Å². The molecule has 0 radical (unpaired) electrons. The molecule has 5 rings (SSSR count). The molecule has 0 saturated carbocycles. The average Bonchev–Trinajstić information content (AvgIpc) is 3.48. The summed E-state index contributed by atoms with van der Waals surface area (Å²) in [7, 11) is 0. The second-order valence-corrected chi connectivity index (χ2v) is 9.08. The largest absolute Gasteiger partial charge is 0.366 e. The summed E-state index contributed by atoms with van der Waals surface area (Å²) >= 11 is 1.41. The highest BCUT2D eigenvalue weighted by Gasteiger charge is 2.24.